The Balaban J connectivity index is 1.72. The Morgan fingerprint density at radius 2 is 2.20 bits per heavy atom. The van der Waals surface area contributed by atoms with Crippen LogP contribution in [-0.4, -0.2) is 29.5 Å². The van der Waals surface area contributed by atoms with Gasteiger partial charge in [-0.2, -0.15) is 0 Å². The number of nitrogens with zero attached hydrogens (tertiary/aromatic N) is 2. The number of fused-ring (bicyclic) bond motifs is 1. The van der Waals surface area contributed by atoms with E-state index in [-0.39, 0.29) is 6.10 Å². The van der Waals surface area contributed by atoms with E-state index in [4.69, 9.17) is 18.3 Å². The highest BCUT2D eigenvalue weighted by Crippen LogP contribution is 2.33. The smallest absolute Gasteiger partial charge is 0.283 e. The van der Waals surface area contributed by atoms with Gasteiger partial charge in [-0.1, -0.05) is 6.07 Å². The monoisotopic (exact) mass is 272 g/mol. The first-order valence-electron chi connectivity index (χ1n) is 6.37. The van der Waals surface area contributed by atoms with Crippen molar-refractivity contribution >= 4 is 11.0 Å². The number of aromatic nitrogens is 2. The summed E-state index contributed by atoms with van der Waals surface area (Å²) in [6, 6.07) is 7.52. The molecule has 0 aliphatic carbocycles. The van der Waals surface area contributed by atoms with Crippen molar-refractivity contribution in [1.82, 2.24) is 10.2 Å². The molecule has 0 saturated carbocycles. The molecule has 0 unspecified atom stereocenters. The normalized spacial score (nSPS) is 17.6. The number of epoxide rings is 1. The summed E-state index contributed by atoms with van der Waals surface area (Å²) in [4.78, 5) is 0. The summed E-state index contributed by atoms with van der Waals surface area (Å²) in [6.45, 7) is 3.07. The number of hydrogen-bond acceptors (Lipinski definition) is 6. The fraction of sp³-hybridized carbons (Fsp3) is 0.286. The summed E-state index contributed by atoms with van der Waals surface area (Å²) in [6.07, 6.45) is 0.218. The first-order valence-corrected chi connectivity index (χ1v) is 6.37. The van der Waals surface area contributed by atoms with Gasteiger partial charge in [0.15, 0.2) is 5.76 Å². The number of ether oxygens (including phenoxy) is 2. The molecule has 1 atom stereocenters. The highest BCUT2D eigenvalue weighted by molar-refractivity contribution is 5.87. The van der Waals surface area contributed by atoms with E-state index in [1.54, 1.807) is 6.92 Å². The van der Waals surface area contributed by atoms with E-state index in [1.807, 2.05) is 24.3 Å². The zero-order valence-corrected chi connectivity index (χ0v) is 10.8. The van der Waals surface area contributed by atoms with Crippen LogP contribution in [0.15, 0.2) is 33.1 Å². The zero-order valence-electron chi connectivity index (χ0n) is 10.8. The predicted octanol–water partition coefficient (Wildman–Crippen LogP) is 2.57. The molecule has 0 N–H and O–H groups in total. The lowest BCUT2D eigenvalue weighted by molar-refractivity contribution is 0.265. The van der Waals surface area contributed by atoms with Gasteiger partial charge >= 0.3 is 0 Å². The average Bonchev–Trinajstić information content (AvgIpc) is 3.00. The fourth-order valence-electron chi connectivity index (χ4n) is 2.01. The number of hydrogen-bond donors (Lipinski definition) is 0. The molecular formula is C14H12N2O4. The van der Waals surface area contributed by atoms with Gasteiger partial charge in [0.1, 0.15) is 24.0 Å². The molecule has 1 fully saturated rings. The minimum absolute atomic E-state index is 0.218. The van der Waals surface area contributed by atoms with Gasteiger partial charge < -0.3 is 18.3 Å². The molecular weight excluding hydrogens is 260 g/mol. The molecule has 1 aliphatic heterocycles. The Morgan fingerprint density at radius 1 is 1.30 bits per heavy atom. The lowest BCUT2D eigenvalue weighted by Gasteiger charge is -2.04. The first kappa shape index (κ1) is 11.5. The predicted molar refractivity (Wildman–Crippen MR) is 69.5 cm³/mol. The van der Waals surface area contributed by atoms with E-state index in [1.165, 1.54) is 0 Å². The van der Waals surface area contributed by atoms with Gasteiger partial charge in [0.25, 0.3) is 5.89 Å². The van der Waals surface area contributed by atoms with E-state index >= 15 is 0 Å². The van der Waals surface area contributed by atoms with E-state index in [9.17, 15) is 0 Å². The van der Waals surface area contributed by atoms with Crippen molar-refractivity contribution in [1.29, 1.82) is 0 Å². The lowest BCUT2D eigenvalue weighted by Crippen LogP contribution is -2.03. The first-order chi connectivity index (χ1) is 9.79. The minimum Gasteiger partial charge on any atom is -0.490 e. The summed E-state index contributed by atoms with van der Waals surface area (Å²) in [5.74, 6) is 2.18. The van der Waals surface area contributed by atoms with Crippen LogP contribution in [0, 0.1) is 6.92 Å². The summed E-state index contributed by atoms with van der Waals surface area (Å²) in [7, 11) is 0. The third kappa shape index (κ3) is 2.04. The fourth-order valence-corrected chi connectivity index (χ4v) is 2.01. The van der Waals surface area contributed by atoms with Gasteiger partial charge in [-0.25, -0.2) is 0 Å². The summed E-state index contributed by atoms with van der Waals surface area (Å²) in [5, 5.41) is 8.64. The van der Waals surface area contributed by atoms with Gasteiger partial charge in [0.2, 0.25) is 5.89 Å². The van der Waals surface area contributed by atoms with Crippen molar-refractivity contribution < 1.29 is 18.3 Å². The number of aryl methyl sites for hydroxylation is 1. The molecule has 1 aliphatic rings. The van der Waals surface area contributed by atoms with Crippen molar-refractivity contribution in [2.45, 2.75) is 13.0 Å². The lowest BCUT2D eigenvalue weighted by atomic mass is 10.2. The van der Waals surface area contributed by atoms with Crippen LogP contribution in [0.3, 0.4) is 0 Å². The van der Waals surface area contributed by atoms with Crippen LogP contribution < -0.4 is 4.74 Å². The largest absolute Gasteiger partial charge is 0.490 e. The topological polar surface area (TPSA) is 73.8 Å². The maximum atomic E-state index is 5.75. The van der Waals surface area contributed by atoms with Crippen molar-refractivity contribution in [2.75, 3.05) is 13.2 Å². The second kappa shape index (κ2) is 4.35. The molecule has 3 aromatic rings. The molecule has 0 radical (unpaired) electrons. The van der Waals surface area contributed by atoms with Gasteiger partial charge in [-0.3, -0.25) is 0 Å². The Labute approximate surface area is 114 Å². The third-order valence-electron chi connectivity index (χ3n) is 3.09. The van der Waals surface area contributed by atoms with Crippen LogP contribution in [-0.2, 0) is 4.74 Å². The van der Waals surface area contributed by atoms with Crippen LogP contribution in [0.5, 0.6) is 5.75 Å². The van der Waals surface area contributed by atoms with Gasteiger partial charge in [0.05, 0.1) is 12.0 Å². The molecule has 2 aromatic heterocycles. The van der Waals surface area contributed by atoms with Crippen LogP contribution in [0.1, 0.15) is 5.89 Å². The molecule has 6 nitrogen and oxygen atoms in total. The van der Waals surface area contributed by atoms with Crippen LogP contribution >= 0.6 is 0 Å². The second-order valence-corrected chi connectivity index (χ2v) is 4.67. The van der Waals surface area contributed by atoms with E-state index in [2.05, 4.69) is 10.2 Å². The van der Waals surface area contributed by atoms with Crippen LogP contribution in [0.4, 0.5) is 0 Å². The molecule has 20 heavy (non-hydrogen) atoms. The zero-order chi connectivity index (χ0) is 13.5. The van der Waals surface area contributed by atoms with Gasteiger partial charge in [-0.05, 0) is 12.1 Å². The standard InChI is InChI=1S/C14H12N2O4/c1-8-15-16-14(19-8)13-5-10-11(18-7-9-6-17-9)3-2-4-12(10)20-13/h2-5,9H,6-7H2,1H3/t9-/m0/s1. The molecule has 0 bridgehead atoms. The maximum absolute atomic E-state index is 5.75. The summed E-state index contributed by atoms with van der Waals surface area (Å²) >= 11 is 0. The molecule has 0 spiro atoms. The highest BCUT2D eigenvalue weighted by atomic mass is 16.6. The van der Waals surface area contributed by atoms with Gasteiger partial charge in [-0.15, -0.1) is 10.2 Å². The second-order valence-electron chi connectivity index (χ2n) is 4.67. The van der Waals surface area contributed by atoms with E-state index < -0.39 is 0 Å². The molecule has 3 heterocycles. The Kier molecular flexibility index (Phi) is 2.50. The Bertz CT molecular complexity index is 757. The van der Waals surface area contributed by atoms with E-state index in [0.29, 0.717) is 24.1 Å². The van der Waals surface area contributed by atoms with Crippen molar-refractivity contribution in [2.24, 2.45) is 0 Å². The number of furan rings is 1. The van der Waals surface area contributed by atoms with Crippen molar-refractivity contribution in [3.63, 3.8) is 0 Å². The van der Waals surface area contributed by atoms with E-state index in [0.717, 1.165) is 23.3 Å². The molecule has 4 rings (SSSR count). The highest BCUT2D eigenvalue weighted by Gasteiger charge is 2.23. The molecule has 102 valence electrons. The quantitative estimate of drug-likeness (QED) is 0.679. The molecule has 1 saturated heterocycles. The van der Waals surface area contributed by atoms with Crippen molar-refractivity contribution in [3.8, 4) is 17.4 Å². The SMILES string of the molecule is Cc1nnc(-c2cc3c(OC[C@@H]4CO4)cccc3o2)o1. The average molecular weight is 272 g/mol. The molecule has 1 aromatic carbocycles. The summed E-state index contributed by atoms with van der Waals surface area (Å²) in [5.41, 5.74) is 0.727. The van der Waals surface area contributed by atoms with Crippen LogP contribution in [0.2, 0.25) is 0 Å². The van der Waals surface area contributed by atoms with Gasteiger partial charge in [0, 0.05) is 13.0 Å². The minimum atomic E-state index is 0.218. The summed E-state index contributed by atoms with van der Waals surface area (Å²) < 4.78 is 22.0. The van der Waals surface area contributed by atoms with Crippen LogP contribution in [0.25, 0.3) is 22.6 Å². The maximum Gasteiger partial charge on any atom is 0.283 e. The molecule has 0 amide bonds. The molecule has 6 heteroatoms. The Hall–Kier alpha value is -2.34. The third-order valence-corrected chi connectivity index (χ3v) is 3.09. The number of rotatable bonds is 4. The number of benzene rings is 1. The Morgan fingerprint density at radius 3 is 2.95 bits per heavy atom. The van der Waals surface area contributed by atoms with Crippen molar-refractivity contribution in [3.05, 3.63) is 30.2 Å².